The lowest BCUT2D eigenvalue weighted by atomic mass is 10.3. The minimum absolute atomic E-state index is 0.732. The quantitative estimate of drug-likeness (QED) is 0.717. The predicted octanol–water partition coefficient (Wildman–Crippen LogP) is 2.22. The maximum atomic E-state index is 5.57. The SMILES string of the molecule is CCCc1nccc(OCC2CC2)n1. The maximum Gasteiger partial charge on any atom is 0.216 e. The van der Waals surface area contributed by atoms with Gasteiger partial charge in [-0.2, -0.15) is 4.98 Å². The van der Waals surface area contributed by atoms with E-state index in [2.05, 4.69) is 16.9 Å². The fraction of sp³-hybridized carbons (Fsp3) is 0.636. The first-order valence-electron chi connectivity index (χ1n) is 5.33. The number of aryl methyl sites for hydroxylation is 1. The number of aromatic nitrogens is 2. The number of ether oxygens (including phenoxy) is 1. The van der Waals surface area contributed by atoms with Crippen molar-refractivity contribution in [3.8, 4) is 5.88 Å². The molecule has 1 saturated carbocycles. The smallest absolute Gasteiger partial charge is 0.216 e. The second-order valence-corrected chi connectivity index (χ2v) is 3.82. The van der Waals surface area contributed by atoms with Crippen LogP contribution in [0, 0.1) is 5.92 Å². The molecule has 0 N–H and O–H groups in total. The summed E-state index contributed by atoms with van der Waals surface area (Å²) in [6.07, 6.45) is 6.41. The molecule has 1 aromatic heterocycles. The highest BCUT2D eigenvalue weighted by Gasteiger charge is 2.22. The lowest BCUT2D eigenvalue weighted by Crippen LogP contribution is -2.03. The van der Waals surface area contributed by atoms with Gasteiger partial charge in [0.25, 0.3) is 0 Å². The van der Waals surface area contributed by atoms with Crippen LogP contribution in [0.5, 0.6) is 5.88 Å². The number of rotatable bonds is 5. The maximum absolute atomic E-state index is 5.57. The van der Waals surface area contributed by atoms with Gasteiger partial charge in [-0.05, 0) is 25.2 Å². The third kappa shape index (κ3) is 2.69. The summed E-state index contributed by atoms with van der Waals surface area (Å²) in [4.78, 5) is 8.51. The van der Waals surface area contributed by atoms with E-state index in [4.69, 9.17) is 4.74 Å². The van der Waals surface area contributed by atoms with Crippen molar-refractivity contribution in [1.29, 1.82) is 0 Å². The van der Waals surface area contributed by atoms with Gasteiger partial charge < -0.3 is 4.74 Å². The van der Waals surface area contributed by atoms with Crippen molar-refractivity contribution >= 4 is 0 Å². The van der Waals surface area contributed by atoms with E-state index in [-0.39, 0.29) is 0 Å². The molecule has 0 amide bonds. The molecule has 0 spiro atoms. The van der Waals surface area contributed by atoms with Gasteiger partial charge in [0.1, 0.15) is 5.82 Å². The van der Waals surface area contributed by atoms with Gasteiger partial charge in [-0.25, -0.2) is 4.98 Å². The Morgan fingerprint density at radius 3 is 3.07 bits per heavy atom. The monoisotopic (exact) mass is 192 g/mol. The molecule has 0 atom stereocenters. The van der Waals surface area contributed by atoms with Gasteiger partial charge in [0.2, 0.25) is 5.88 Å². The Morgan fingerprint density at radius 1 is 1.50 bits per heavy atom. The highest BCUT2D eigenvalue weighted by Crippen LogP contribution is 2.29. The Labute approximate surface area is 84.5 Å². The van der Waals surface area contributed by atoms with Crippen molar-refractivity contribution in [2.45, 2.75) is 32.6 Å². The Morgan fingerprint density at radius 2 is 2.36 bits per heavy atom. The first-order valence-corrected chi connectivity index (χ1v) is 5.33. The van der Waals surface area contributed by atoms with Gasteiger partial charge in [-0.3, -0.25) is 0 Å². The van der Waals surface area contributed by atoms with Gasteiger partial charge in [0.05, 0.1) is 6.61 Å². The van der Waals surface area contributed by atoms with Gasteiger partial charge in [-0.1, -0.05) is 6.92 Å². The zero-order chi connectivity index (χ0) is 9.80. The van der Waals surface area contributed by atoms with Gasteiger partial charge in [-0.15, -0.1) is 0 Å². The fourth-order valence-electron chi connectivity index (χ4n) is 1.29. The van der Waals surface area contributed by atoms with E-state index in [1.54, 1.807) is 6.20 Å². The summed E-state index contributed by atoms with van der Waals surface area (Å²) < 4.78 is 5.57. The van der Waals surface area contributed by atoms with Crippen molar-refractivity contribution in [3.05, 3.63) is 18.1 Å². The summed E-state index contributed by atoms with van der Waals surface area (Å²) in [6, 6.07) is 1.83. The zero-order valence-electron chi connectivity index (χ0n) is 8.57. The summed E-state index contributed by atoms with van der Waals surface area (Å²) in [5.74, 6) is 2.40. The normalized spacial score (nSPS) is 15.5. The molecule has 0 radical (unpaired) electrons. The van der Waals surface area contributed by atoms with Crippen LogP contribution in [-0.4, -0.2) is 16.6 Å². The molecular weight excluding hydrogens is 176 g/mol. The van der Waals surface area contributed by atoms with Crippen LogP contribution in [0.4, 0.5) is 0 Å². The topological polar surface area (TPSA) is 35.0 Å². The number of nitrogens with zero attached hydrogens (tertiary/aromatic N) is 2. The average molecular weight is 192 g/mol. The van der Waals surface area contributed by atoms with Crippen LogP contribution in [0.1, 0.15) is 32.0 Å². The van der Waals surface area contributed by atoms with Crippen LogP contribution >= 0.6 is 0 Å². The fourth-order valence-corrected chi connectivity index (χ4v) is 1.29. The molecule has 1 heterocycles. The van der Waals surface area contributed by atoms with E-state index in [9.17, 15) is 0 Å². The van der Waals surface area contributed by atoms with E-state index in [1.807, 2.05) is 6.07 Å². The van der Waals surface area contributed by atoms with Crippen LogP contribution in [0.15, 0.2) is 12.3 Å². The summed E-state index contributed by atoms with van der Waals surface area (Å²) in [7, 11) is 0. The Bertz CT molecular complexity index is 297. The highest BCUT2D eigenvalue weighted by atomic mass is 16.5. The van der Waals surface area contributed by atoms with Gasteiger partial charge in [0, 0.05) is 18.7 Å². The zero-order valence-corrected chi connectivity index (χ0v) is 8.57. The number of hydrogen-bond donors (Lipinski definition) is 0. The molecule has 1 aromatic rings. The summed E-state index contributed by atoms with van der Waals surface area (Å²) >= 11 is 0. The van der Waals surface area contributed by atoms with Crippen molar-refractivity contribution in [3.63, 3.8) is 0 Å². The first-order chi connectivity index (χ1) is 6.88. The lowest BCUT2D eigenvalue weighted by molar-refractivity contribution is 0.287. The first kappa shape index (κ1) is 9.44. The second-order valence-electron chi connectivity index (χ2n) is 3.82. The molecular formula is C11H16N2O. The molecule has 0 aromatic carbocycles. The summed E-state index contributed by atoms with van der Waals surface area (Å²) in [5, 5.41) is 0. The summed E-state index contributed by atoms with van der Waals surface area (Å²) in [5.41, 5.74) is 0. The molecule has 76 valence electrons. The molecule has 3 nitrogen and oxygen atoms in total. The van der Waals surface area contributed by atoms with E-state index >= 15 is 0 Å². The molecule has 14 heavy (non-hydrogen) atoms. The second kappa shape index (κ2) is 4.40. The van der Waals surface area contributed by atoms with Crippen molar-refractivity contribution < 1.29 is 4.74 Å². The average Bonchev–Trinajstić information content (AvgIpc) is 2.99. The predicted molar refractivity (Wildman–Crippen MR) is 54.2 cm³/mol. The van der Waals surface area contributed by atoms with Crippen LogP contribution in [0.3, 0.4) is 0 Å². The van der Waals surface area contributed by atoms with E-state index in [1.165, 1.54) is 12.8 Å². The molecule has 0 saturated heterocycles. The van der Waals surface area contributed by atoms with Gasteiger partial charge in [0.15, 0.2) is 0 Å². The largest absolute Gasteiger partial charge is 0.477 e. The summed E-state index contributed by atoms with van der Waals surface area (Å²) in [6.45, 7) is 2.95. The Hall–Kier alpha value is -1.12. The minimum Gasteiger partial charge on any atom is -0.477 e. The molecule has 1 fully saturated rings. The van der Waals surface area contributed by atoms with Crippen LogP contribution < -0.4 is 4.74 Å². The third-order valence-corrected chi connectivity index (χ3v) is 2.32. The third-order valence-electron chi connectivity index (χ3n) is 2.32. The van der Waals surface area contributed by atoms with E-state index < -0.39 is 0 Å². The van der Waals surface area contributed by atoms with Crippen LogP contribution in [-0.2, 0) is 6.42 Å². The molecule has 1 aliphatic carbocycles. The standard InChI is InChI=1S/C11H16N2O/c1-2-3-10-12-7-6-11(13-10)14-8-9-4-5-9/h6-7,9H,2-5,8H2,1H3. The number of hydrogen-bond acceptors (Lipinski definition) is 3. The Kier molecular flexibility index (Phi) is 2.96. The molecule has 3 heteroatoms. The van der Waals surface area contributed by atoms with Crippen LogP contribution in [0.25, 0.3) is 0 Å². The molecule has 0 aliphatic heterocycles. The molecule has 2 rings (SSSR count). The lowest BCUT2D eigenvalue weighted by Gasteiger charge is -2.04. The Balaban J connectivity index is 1.90. The van der Waals surface area contributed by atoms with Crippen molar-refractivity contribution in [1.82, 2.24) is 9.97 Å². The molecule has 0 unspecified atom stereocenters. The van der Waals surface area contributed by atoms with Gasteiger partial charge >= 0.3 is 0 Å². The van der Waals surface area contributed by atoms with Crippen molar-refractivity contribution in [2.24, 2.45) is 5.92 Å². The minimum atomic E-state index is 0.732. The van der Waals surface area contributed by atoms with Crippen LogP contribution in [0.2, 0.25) is 0 Å². The van der Waals surface area contributed by atoms with E-state index in [0.717, 1.165) is 37.1 Å². The highest BCUT2D eigenvalue weighted by molar-refractivity contribution is 5.08. The molecule has 0 bridgehead atoms. The molecule has 1 aliphatic rings. The van der Waals surface area contributed by atoms with Crippen molar-refractivity contribution in [2.75, 3.05) is 6.61 Å². The van der Waals surface area contributed by atoms with E-state index in [0.29, 0.717) is 0 Å².